The van der Waals surface area contributed by atoms with Gasteiger partial charge in [0, 0.05) is 13.3 Å². The number of hydrogen-bond acceptors (Lipinski definition) is 5. The first kappa shape index (κ1) is 17.4. The van der Waals surface area contributed by atoms with E-state index in [4.69, 9.17) is 10.1 Å². The SMILES string of the molecule is CC(=O)N[C@@H]1[C@@H](C)[C@@H](C)[C@@H](CC(=N)OCF)O[C@H]1C(=O)O. The van der Waals surface area contributed by atoms with Crippen molar-refractivity contribution in [1.29, 1.82) is 5.41 Å². The topological polar surface area (TPSA) is 109 Å². The zero-order chi connectivity index (χ0) is 16.2. The third-order valence-corrected chi connectivity index (χ3v) is 3.86. The number of carboxylic acid groups (broad SMARTS) is 1. The Balaban J connectivity index is 2.86. The molecule has 0 aromatic heterocycles. The summed E-state index contributed by atoms with van der Waals surface area (Å²) in [5, 5.41) is 19.3. The Morgan fingerprint density at radius 2 is 2.00 bits per heavy atom. The van der Waals surface area contributed by atoms with E-state index < -0.39 is 31.1 Å². The summed E-state index contributed by atoms with van der Waals surface area (Å²) in [5.41, 5.74) is 0. The van der Waals surface area contributed by atoms with Gasteiger partial charge in [-0.05, 0) is 11.8 Å². The minimum atomic E-state index is -1.21. The highest BCUT2D eigenvalue weighted by Gasteiger charge is 2.45. The van der Waals surface area contributed by atoms with E-state index in [1.54, 1.807) is 0 Å². The molecule has 0 bridgehead atoms. The first-order chi connectivity index (χ1) is 9.77. The molecule has 1 saturated heterocycles. The zero-order valence-corrected chi connectivity index (χ0v) is 12.3. The first-order valence-electron chi connectivity index (χ1n) is 6.69. The van der Waals surface area contributed by atoms with Crippen LogP contribution in [0.2, 0.25) is 0 Å². The Labute approximate surface area is 122 Å². The van der Waals surface area contributed by atoms with E-state index in [2.05, 4.69) is 10.1 Å². The number of amides is 1. The van der Waals surface area contributed by atoms with Gasteiger partial charge >= 0.3 is 5.97 Å². The Morgan fingerprint density at radius 1 is 1.38 bits per heavy atom. The van der Waals surface area contributed by atoms with Crippen LogP contribution in [0.15, 0.2) is 0 Å². The molecule has 0 spiro atoms. The summed E-state index contributed by atoms with van der Waals surface area (Å²) in [4.78, 5) is 22.6. The Morgan fingerprint density at radius 3 is 2.48 bits per heavy atom. The molecular formula is C13H21FN2O5. The summed E-state index contributed by atoms with van der Waals surface area (Å²) in [6.45, 7) is 3.86. The molecular weight excluding hydrogens is 283 g/mol. The summed E-state index contributed by atoms with van der Waals surface area (Å²) in [6.07, 6.45) is -1.79. The number of halogens is 1. The largest absolute Gasteiger partial charge is 0.479 e. The van der Waals surface area contributed by atoms with Crippen LogP contribution in [-0.2, 0) is 19.1 Å². The van der Waals surface area contributed by atoms with Gasteiger partial charge in [-0.1, -0.05) is 13.8 Å². The van der Waals surface area contributed by atoms with Gasteiger partial charge in [0.25, 0.3) is 0 Å². The average molecular weight is 304 g/mol. The molecule has 1 aliphatic rings. The second-order valence-corrected chi connectivity index (χ2v) is 5.26. The van der Waals surface area contributed by atoms with Crippen molar-refractivity contribution in [2.75, 3.05) is 6.86 Å². The minimum Gasteiger partial charge on any atom is -0.479 e. The van der Waals surface area contributed by atoms with Crippen LogP contribution in [0.25, 0.3) is 0 Å². The number of carbonyl (C=O) groups excluding carboxylic acids is 1. The lowest BCUT2D eigenvalue weighted by Crippen LogP contribution is -2.59. The third-order valence-electron chi connectivity index (χ3n) is 3.86. The molecule has 8 heteroatoms. The zero-order valence-electron chi connectivity index (χ0n) is 12.3. The van der Waals surface area contributed by atoms with Crippen molar-refractivity contribution in [3.63, 3.8) is 0 Å². The normalized spacial score (nSPS) is 32.3. The van der Waals surface area contributed by atoms with Crippen LogP contribution in [0.1, 0.15) is 27.2 Å². The van der Waals surface area contributed by atoms with Gasteiger partial charge in [0.15, 0.2) is 12.0 Å². The van der Waals surface area contributed by atoms with Gasteiger partial charge in [-0.3, -0.25) is 10.2 Å². The van der Waals surface area contributed by atoms with Crippen LogP contribution < -0.4 is 5.32 Å². The summed E-state index contributed by atoms with van der Waals surface area (Å²) >= 11 is 0. The van der Waals surface area contributed by atoms with E-state index in [1.165, 1.54) is 6.92 Å². The minimum absolute atomic E-state index is 0.00794. The number of nitrogens with one attached hydrogen (secondary N) is 2. The first-order valence-corrected chi connectivity index (χ1v) is 6.69. The van der Waals surface area contributed by atoms with Crippen molar-refractivity contribution in [2.45, 2.75) is 45.4 Å². The van der Waals surface area contributed by atoms with Gasteiger partial charge in [0.1, 0.15) is 0 Å². The van der Waals surface area contributed by atoms with E-state index in [-0.39, 0.29) is 30.1 Å². The molecule has 0 saturated carbocycles. The molecule has 1 rings (SSSR count). The standard InChI is InChI=1S/C13H21FN2O5/c1-6-7(2)11(16-8(3)17)12(13(18)19)21-9(6)4-10(15)20-5-14/h6-7,9,11-12,15H,4-5H2,1-3H3,(H,16,17)(H,18,19)/t6-,7+,9-,11-,12-/m1/s1. The summed E-state index contributed by atoms with van der Waals surface area (Å²) in [5.74, 6) is -2.10. The van der Waals surface area contributed by atoms with E-state index in [9.17, 15) is 19.1 Å². The van der Waals surface area contributed by atoms with Crippen molar-refractivity contribution >= 4 is 17.8 Å². The van der Waals surface area contributed by atoms with Crippen molar-refractivity contribution in [3.05, 3.63) is 0 Å². The van der Waals surface area contributed by atoms with Crippen LogP contribution in [0.5, 0.6) is 0 Å². The molecule has 0 aromatic carbocycles. The van der Waals surface area contributed by atoms with Crippen molar-refractivity contribution < 1.29 is 28.6 Å². The van der Waals surface area contributed by atoms with Crippen molar-refractivity contribution in [1.82, 2.24) is 5.32 Å². The Kier molecular flexibility index (Phi) is 6.07. The lowest BCUT2D eigenvalue weighted by molar-refractivity contribution is -0.173. The summed E-state index contributed by atoms with van der Waals surface area (Å²) < 4.78 is 22.0. The van der Waals surface area contributed by atoms with Gasteiger partial charge in [0.2, 0.25) is 12.8 Å². The number of carbonyl (C=O) groups is 2. The molecule has 1 fully saturated rings. The number of hydrogen-bond donors (Lipinski definition) is 3. The van der Waals surface area contributed by atoms with Gasteiger partial charge in [0.05, 0.1) is 12.1 Å². The predicted octanol–water partition coefficient (Wildman–Crippen LogP) is 0.926. The van der Waals surface area contributed by atoms with Crippen molar-refractivity contribution in [2.24, 2.45) is 11.8 Å². The maximum Gasteiger partial charge on any atom is 0.335 e. The second-order valence-electron chi connectivity index (χ2n) is 5.26. The smallest absolute Gasteiger partial charge is 0.335 e. The van der Waals surface area contributed by atoms with Gasteiger partial charge in [-0.15, -0.1) is 0 Å². The highest BCUT2D eigenvalue weighted by molar-refractivity contribution is 5.78. The lowest BCUT2D eigenvalue weighted by Gasteiger charge is -2.43. The number of rotatable bonds is 5. The maximum atomic E-state index is 12.0. The number of aliphatic carboxylic acids is 1. The molecule has 0 unspecified atom stereocenters. The maximum absolute atomic E-state index is 12.0. The second kappa shape index (κ2) is 7.35. The van der Waals surface area contributed by atoms with Crippen LogP contribution in [-0.4, -0.2) is 48.0 Å². The molecule has 120 valence electrons. The Hall–Kier alpha value is -1.70. The molecule has 21 heavy (non-hydrogen) atoms. The lowest BCUT2D eigenvalue weighted by atomic mass is 9.78. The Bertz CT molecular complexity index is 417. The fourth-order valence-corrected chi connectivity index (χ4v) is 2.53. The van der Waals surface area contributed by atoms with E-state index in [1.807, 2.05) is 13.8 Å². The van der Waals surface area contributed by atoms with Gasteiger partial charge < -0.3 is 19.9 Å². The molecule has 7 nitrogen and oxygen atoms in total. The molecule has 1 aliphatic heterocycles. The van der Waals surface area contributed by atoms with Crippen LogP contribution >= 0.6 is 0 Å². The molecule has 1 amide bonds. The summed E-state index contributed by atoms with van der Waals surface area (Å²) in [7, 11) is 0. The predicted molar refractivity (Wildman–Crippen MR) is 71.6 cm³/mol. The summed E-state index contributed by atoms with van der Waals surface area (Å²) in [6, 6.07) is -0.650. The fraction of sp³-hybridized carbons (Fsp3) is 0.769. The number of ether oxygens (including phenoxy) is 2. The van der Waals surface area contributed by atoms with Crippen LogP contribution in [0.3, 0.4) is 0 Å². The van der Waals surface area contributed by atoms with Crippen molar-refractivity contribution in [3.8, 4) is 0 Å². The molecule has 1 heterocycles. The quantitative estimate of drug-likeness (QED) is 0.517. The van der Waals surface area contributed by atoms with Gasteiger partial charge in [-0.2, -0.15) is 0 Å². The third kappa shape index (κ3) is 4.38. The number of alkyl halides is 1. The highest BCUT2D eigenvalue weighted by atomic mass is 19.1. The fourth-order valence-electron chi connectivity index (χ4n) is 2.53. The van der Waals surface area contributed by atoms with E-state index >= 15 is 0 Å². The van der Waals surface area contributed by atoms with E-state index in [0.29, 0.717) is 0 Å². The van der Waals surface area contributed by atoms with Crippen LogP contribution in [0, 0.1) is 17.2 Å². The highest BCUT2D eigenvalue weighted by Crippen LogP contribution is 2.32. The van der Waals surface area contributed by atoms with E-state index in [0.717, 1.165) is 0 Å². The van der Waals surface area contributed by atoms with Crippen LogP contribution in [0.4, 0.5) is 4.39 Å². The molecule has 3 N–H and O–H groups in total. The molecule has 0 aromatic rings. The molecule has 5 atom stereocenters. The van der Waals surface area contributed by atoms with Gasteiger partial charge in [-0.25, -0.2) is 9.18 Å². The molecule has 0 radical (unpaired) electrons. The monoisotopic (exact) mass is 304 g/mol. The molecule has 0 aliphatic carbocycles. The average Bonchev–Trinajstić information content (AvgIpc) is 2.37. The number of carboxylic acids is 1.